The molecule has 1 heterocycles. The Morgan fingerprint density at radius 3 is 2.94 bits per heavy atom. The molecule has 7 nitrogen and oxygen atoms in total. The maximum Gasteiger partial charge on any atom is 0.319 e. The molecule has 0 saturated heterocycles. The van der Waals surface area contributed by atoms with Gasteiger partial charge in [0.15, 0.2) is 5.82 Å². The van der Waals surface area contributed by atoms with E-state index >= 15 is 0 Å². The van der Waals surface area contributed by atoms with Crippen LogP contribution in [0.25, 0.3) is 0 Å². The quantitative estimate of drug-likeness (QED) is 0.655. The minimum Gasteiger partial charge on any atom is -0.468 e. The minimum absolute atomic E-state index is 0.228. The molecule has 0 amide bonds. The number of nitrogens with zero attached hydrogens (tertiary/aromatic N) is 5. The highest BCUT2D eigenvalue weighted by Gasteiger charge is 2.28. The summed E-state index contributed by atoms with van der Waals surface area (Å²) in [5, 5.41) is 11.8. The normalized spacial score (nSPS) is 15.1. The molecule has 0 unspecified atom stereocenters. The fraction of sp³-hybridized carbons (Fsp3) is 0.818. The molecule has 0 aromatic carbocycles. The van der Waals surface area contributed by atoms with Gasteiger partial charge in [-0.2, -0.15) is 0 Å². The maximum atomic E-state index is 11.3. The first kappa shape index (κ1) is 12.9. The predicted molar refractivity (Wildman–Crippen MR) is 63.7 cm³/mol. The van der Waals surface area contributed by atoms with Crippen molar-refractivity contribution in [3.05, 3.63) is 5.82 Å². The van der Waals surface area contributed by atoms with Gasteiger partial charge in [-0.05, 0) is 36.2 Å². The van der Waals surface area contributed by atoms with E-state index in [1.54, 1.807) is 0 Å². The molecule has 0 radical (unpaired) electrons. The van der Waals surface area contributed by atoms with Gasteiger partial charge in [0.25, 0.3) is 0 Å². The van der Waals surface area contributed by atoms with Crippen LogP contribution >= 0.6 is 0 Å². The number of aromatic nitrogens is 4. The Hall–Kier alpha value is -1.50. The molecule has 2 rings (SSSR count). The highest BCUT2D eigenvalue weighted by atomic mass is 16.5. The van der Waals surface area contributed by atoms with Crippen LogP contribution < -0.4 is 0 Å². The van der Waals surface area contributed by atoms with Crippen LogP contribution in [-0.4, -0.2) is 51.3 Å². The molecular formula is C11H19N5O2. The Bertz CT molecular complexity index is 402. The molecule has 0 bridgehead atoms. The van der Waals surface area contributed by atoms with Gasteiger partial charge < -0.3 is 4.74 Å². The molecule has 1 fully saturated rings. The van der Waals surface area contributed by atoms with Crippen LogP contribution in [0.4, 0.5) is 0 Å². The molecule has 7 heteroatoms. The van der Waals surface area contributed by atoms with Crippen molar-refractivity contribution in [1.82, 2.24) is 25.1 Å². The largest absolute Gasteiger partial charge is 0.468 e. The van der Waals surface area contributed by atoms with Crippen LogP contribution in [0.2, 0.25) is 0 Å². The van der Waals surface area contributed by atoms with Gasteiger partial charge in [-0.1, -0.05) is 6.92 Å². The molecule has 18 heavy (non-hydrogen) atoms. The highest BCUT2D eigenvalue weighted by Crippen LogP contribution is 2.34. The fourth-order valence-corrected chi connectivity index (χ4v) is 1.90. The van der Waals surface area contributed by atoms with Gasteiger partial charge >= 0.3 is 5.97 Å². The van der Waals surface area contributed by atoms with Crippen molar-refractivity contribution in [2.45, 2.75) is 38.8 Å². The topological polar surface area (TPSA) is 73.1 Å². The smallest absolute Gasteiger partial charge is 0.319 e. The summed E-state index contributed by atoms with van der Waals surface area (Å²) < 4.78 is 6.57. The zero-order valence-electron chi connectivity index (χ0n) is 10.9. The van der Waals surface area contributed by atoms with E-state index in [-0.39, 0.29) is 12.5 Å². The van der Waals surface area contributed by atoms with E-state index in [0.717, 1.165) is 31.6 Å². The van der Waals surface area contributed by atoms with Crippen molar-refractivity contribution in [2.75, 3.05) is 20.2 Å². The van der Waals surface area contributed by atoms with Gasteiger partial charge in [0, 0.05) is 0 Å². The molecule has 0 atom stereocenters. The number of tetrazole rings is 1. The summed E-state index contributed by atoms with van der Waals surface area (Å²) in [4.78, 5) is 13.3. The number of rotatable bonds is 7. The Morgan fingerprint density at radius 1 is 1.56 bits per heavy atom. The highest BCUT2D eigenvalue weighted by molar-refractivity contribution is 5.71. The van der Waals surface area contributed by atoms with Gasteiger partial charge in [0.2, 0.25) is 0 Å². The van der Waals surface area contributed by atoms with Gasteiger partial charge in [0.05, 0.1) is 26.2 Å². The molecular weight excluding hydrogens is 234 g/mol. The van der Waals surface area contributed by atoms with Gasteiger partial charge in [-0.25, -0.2) is 4.68 Å². The molecule has 0 N–H and O–H groups in total. The van der Waals surface area contributed by atoms with Crippen molar-refractivity contribution < 1.29 is 9.53 Å². The Morgan fingerprint density at radius 2 is 2.33 bits per heavy atom. The van der Waals surface area contributed by atoms with E-state index in [4.69, 9.17) is 4.74 Å². The van der Waals surface area contributed by atoms with Crippen LogP contribution in [0.1, 0.15) is 38.1 Å². The average molecular weight is 253 g/mol. The lowest BCUT2D eigenvalue weighted by Gasteiger charge is -2.19. The zero-order valence-corrected chi connectivity index (χ0v) is 10.9. The van der Waals surface area contributed by atoms with E-state index in [1.807, 2.05) is 9.58 Å². The lowest BCUT2D eigenvalue weighted by molar-refractivity contribution is -0.142. The van der Waals surface area contributed by atoms with Crippen LogP contribution in [0.15, 0.2) is 0 Å². The van der Waals surface area contributed by atoms with E-state index in [9.17, 15) is 4.79 Å². The summed E-state index contributed by atoms with van der Waals surface area (Å²) in [5.41, 5.74) is 0. The first-order valence-corrected chi connectivity index (χ1v) is 6.30. The monoisotopic (exact) mass is 253 g/mol. The molecule has 1 aromatic heterocycles. The minimum atomic E-state index is -0.228. The number of methoxy groups -OCH3 is 1. The molecule has 0 spiro atoms. The van der Waals surface area contributed by atoms with Crippen LogP contribution in [0.3, 0.4) is 0 Å². The summed E-state index contributed by atoms with van der Waals surface area (Å²) in [5.74, 6) is 0.601. The number of carbonyl (C=O) groups is 1. The van der Waals surface area contributed by atoms with Crippen molar-refractivity contribution in [1.29, 1.82) is 0 Å². The number of carbonyl (C=O) groups excluding carboxylic acids is 1. The predicted octanol–water partition coefficient (Wildman–Crippen LogP) is 0.393. The van der Waals surface area contributed by atoms with Gasteiger partial charge in [-0.3, -0.25) is 9.69 Å². The number of ether oxygens (including phenoxy) is 1. The second-order valence-electron chi connectivity index (χ2n) is 4.56. The van der Waals surface area contributed by atoms with E-state index in [2.05, 4.69) is 22.4 Å². The summed E-state index contributed by atoms with van der Waals surface area (Å²) in [6, 6.07) is 0.455. The molecule has 1 aliphatic carbocycles. The van der Waals surface area contributed by atoms with Crippen molar-refractivity contribution >= 4 is 5.97 Å². The molecule has 100 valence electrons. The summed E-state index contributed by atoms with van der Waals surface area (Å²) in [6.45, 7) is 3.77. The van der Waals surface area contributed by atoms with Crippen molar-refractivity contribution in [2.24, 2.45) is 0 Å². The van der Waals surface area contributed by atoms with Crippen LogP contribution in [0.5, 0.6) is 0 Å². The van der Waals surface area contributed by atoms with E-state index in [0.29, 0.717) is 12.6 Å². The van der Waals surface area contributed by atoms with Gasteiger partial charge in [0.1, 0.15) is 0 Å². The number of esters is 1. The standard InChI is InChI=1S/C11H19N5O2/c1-3-6-15(8-11(17)18-2)7-10-12-13-14-16(10)9-4-5-9/h9H,3-8H2,1-2H3. The lowest BCUT2D eigenvalue weighted by atomic mass is 10.3. The second-order valence-corrected chi connectivity index (χ2v) is 4.56. The third-order valence-corrected chi connectivity index (χ3v) is 2.94. The van der Waals surface area contributed by atoms with Crippen molar-refractivity contribution in [3.63, 3.8) is 0 Å². The SMILES string of the molecule is CCCN(CC(=O)OC)Cc1nnnn1C1CC1. The molecule has 1 aromatic rings. The lowest BCUT2D eigenvalue weighted by Crippen LogP contribution is -2.32. The van der Waals surface area contributed by atoms with Crippen LogP contribution in [0, 0.1) is 0 Å². The second kappa shape index (κ2) is 5.90. The number of hydrogen-bond acceptors (Lipinski definition) is 6. The average Bonchev–Trinajstić information content (AvgIpc) is 3.10. The fourth-order valence-electron chi connectivity index (χ4n) is 1.90. The maximum absolute atomic E-state index is 11.3. The van der Waals surface area contributed by atoms with E-state index in [1.165, 1.54) is 7.11 Å². The molecule has 0 aliphatic heterocycles. The summed E-state index contributed by atoms with van der Waals surface area (Å²) in [6.07, 6.45) is 3.26. The zero-order chi connectivity index (χ0) is 13.0. The third kappa shape index (κ3) is 3.25. The van der Waals surface area contributed by atoms with Crippen molar-refractivity contribution in [3.8, 4) is 0 Å². The molecule has 1 aliphatic rings. The van der Waals surface area contributed by atoms with Gasteiger partial charge in [-0.15, -0.1) is 5.10 Å². The first-order chi connectivity index (χ1) is 8.74. The summed E-state index contributed by atoms with van der Waals surface area (Å²) in [7, 11) is 1.40. The Balaban J connectivity index is 1.98. The number of hydrogen-bond donors (Lipinski definition) is 0. The van der Waals surface area contributed by atoms with E-state index < -0.39 is 0 Å². The Labute approximate surface area is 106 Å². The van der Waals surface area contributed by atoms with Crippen LogP contribution in [-0.2, 0) is 16.1 Å². The molecule has 1 saturated carbocycles. The first-order valence-electron chi connectivity index (χ1n) is 6.30. The summed E-state index contributed by atoms with van der Waals surface area (Å²) >= 11 is 0. The third-order valence-electron chi connectivity index (χ3n) is 2.94. The Kier molecular flexibility index (Phi) is 4.24.